The zero-order valence-electron chi connectivity index (χ0n) is 6.55. The van der Waals surface area contributed by atoms with E-state index in [0.29, 0.717) is 6.42 Å². The lowest BCUT2D eigenvalue weighted by Crippen LogP contribution is -2.04. The molecule has 0 aliphatic heterocycles. The SMILES string of the molecule is C=CC=CC1=CCCCC1=O. The van der Waals surface area contributed by atoms with Crippen molar-refractivity contribution >= 4 is 5.78 Å². The third-order valence-electron chi connectivity index (χ3n) is 1.71. The van der Waals surface area contributed by atoms with Crippen LogP contribution in [0.2, 0.25) is 0 Å². The number of allylic oxidation sites excluding steroid dienone is 5. The lowest BCUT2D eigenvalue weighted by molar-refractivity contribution is -0.115. The van der Waals surface area contributed by atoms with E-state index in [1.54, 1.807) is 12.2 Å². The standard InChI is InChI=1S/C10H12O/c1-2-3-6-9-7-4-5-8-10(9)11/h2-3,6-7H,1,4-5,8H2. The Morgan fingerprint density at radius 2 is 2.36 bits per heavy atom. The maximum atomic E-state index is 11.1. The molecule has 0 amide bonds. The monoisotopic (exact) mass is 148 g/mol. The van der Waals surface area contributed by atoms with Gasteiger partial charge < -0.3 is 0 Å². The highest BCUT2D eigenvalue weighted by molar-refractivity contribution is 5.98. The molecule has 0 fully saturated rings. The fraction of sp³-hybridized carbons (Fsp3) is 0.300. The minimum atomic E-state index is 0.259. The van der Waals surface area contributed by atoms with E-state index in [1.807, 2.05) is 12.2 Å². The Labute approximate surface area is 67.1 Å². The van der Waals surface area contributed by atoms with E-state index in [1.165, 1.54) is 0 Å². The number of ketones is 1. The number of hydrogen-bond donors (Lipinski definition) is 0. The van der Waals surface area contributed by atoms with Gasteiger partial charge >= 0.3 is 0 Å². The van der Waals surface area contributed by atoms with Gasteiger partial charge in [0.2, 0.25) is 0 Å². The van der Waals surface area contributed by atoms with E-state index >= 15 is 0 Å². The Morgan fingerprint density at radius 1 is 1.55 bits per heavy atom. The molecule has 0 aromatic heterocycles. The molecule has 58 valence electrons. The second-order valence-corrected chi connectivity index (χ2v) is 2.57. The average Bonchev–Trinajstić information content (AvgIpc) is 2.03. The Morgan fingerprint density at radius 3 is 3.00 bits per heavy atom. The molecule has 0 aromatic carbocycles. The first-order valence-corrected chi connectivity index (χ1v) is 3.87. The zero-order chi connectivity index (χ0) is 8.10. The number of hydrogen-bond acceptors (Lipinski definition) is 1. The summed E-state index contributed by atoms with van der Waals surface area (Å²) < 4.78 is 0. The van der Waals surface area contributed by atoms with Gasteiger partial charge in [0.25, 0.3) is 0 Å². The largest absolute Gasteiger partial charge is 0.294 e. The van der Waals surface area contributed by atoms with Gasteiger partial charge in [-0.25, -0.2) is 0 Å². The number of carbonyl (C=O) groups is 1. The lowest BCUT2D eigenvalue weighted by Gasteiger charge is -2.06. The molecule has 0 radical (unpaired) electrons. The molecular weight excluding hydrogens is 136 g/mol. The molecule has 1 rings (SSSR count). The molecule has 1 nitrogen and oxygen atoms in total. The summed E-state index contributed by atoms with van der Waals surface area (Å²) in [4.78, 5) is 11.1. The van der Waals surface area contributed by atoms with Gasteiger partial charge in [-0.2, -0.15) is 0 Å². The van der Waals surface area contributed by atoms with Crippen LogP contribution in [0.3, 0.4) is 0 Å². The number of Topliss-reactive ketones (excluding diaryl/α,β-unsaturated/α-hetero) is 1. The predicted molar refractivity (Wildman–Crippen MR) is 46.3 cm³/mol. The van der Waals surface area contributed by atoms with Gasteiger partial charge in [0, 0.05) is 12.0 Å². The zero-order valence-corrected chi connectivity index (χ0v) is 6.55. The van der Waals surface area contributed by atoms with Crippen LogP contribution in [-0.4, -0.2) is 5.78 Å². The highest BCUT2D eigenvalue weighted by Gasteiger charge is 2.09. The fourth-order valence-electron chi connectivity index (χ4n) is 1.11. The van der Waals surface area contributed by atoms with E-state index in [-0.39, 0.29) is 5.78 Å². The third-order valence-corrected chi connectivity index (χ3v) is 1.71. The fourth-order valence-corrected chi connectivity index (χ4v) is 1.11. The molecule has 0 spiro atoms. The molecule has 11 heavy (non-hydrogen) atoms. The van der Waals surface area contributed by atoms with Crippen LogP contribution >= 0.6 is 0 Å². The van der Waals surface area contributed by atoms with Gasteiger partial charge in [-0.05, 0) is 12.8 Å². The first kappa shape index (κ1) is 7.99. The average molecular weight is 148 g/mol. The first-order chi connectivity index (χ1) is 5.34. The molecule has 0 atom stereocenters. The second-order valence-electron chi connectivity index (χ2n) is 2.57. The number of carbonyl (C=O) groups excluding carboxylic acids is 1. The van der Waals surface area contributed by atoms with Crippen molar-refractivity contribution in [1.82, 2.24) is 0 Å². The topological polar surface area (TPSA) is 17.1 Å². The molecule has 0 saturated carbocycles. The molecule has 0 saturated heterocycles. The Balaban J connectivity index is 2.68. The minimum Gasteiger partial charge on any atom is -0.294 e. The molecule has 0 unspecified atom stereocenters. The van der Waals surface area contributed by atoms with Gasteiger partial charge in [-0.3, -0.25) is 4.79 Å². The smallest absolute Gasteiger partial charge is 0.162 e. The Bertz CT molecular complexity index is 221. The molecule has 0 N–H and O–H groups in total. The van der Waals surface area contributed by atoms with Crippen LogP contribution in [-0.2, 0) is 4.79 Å². The van der Waals surface area contributed by atoms with Crippen molar-refractivity contribution in [3.05, 3.63) is 36.5 Å². The first-order valence-electron chi connectivity index (χ1n) is 3.87. The van der Waals surface area contributed by atoms with Crippen molar-refractivity contribution in [1.29, 1.82) is 0 Å². The van der Waals surface area contributed by atoms with Crippen molar-refractivity contribution in [3.63, 3.8) is 0 Å². The van der Waals surface area contributed by atoms with Crippen LogP contribution in [0.4, 0.5) is 0 Å². The molecule has 1 heteroatoms. The predicted octanol–water partition coefficient (Wildman–Crippen LogP) is 2.41. The molecule has 1 aliphatic carbocycles. The Hall–Kier alpha value is -1.11. The summed E-state index contributed by atoms with van der Waals surface area (Å²) in [5, 5.41) is 0. The minimum absolute atomic E-state index is 0.259. The number of rotatable bonds is 2. The summed E-state index contributed by atoms with van der Waals surface area (Å²) in [7, 11) is 0. The maximum Gasteiger partial charge on any atom is 0.162 e. The Kier molecular flexibility index (Phi) is 2.84. The molecule has 0 bridgehead atoms. The van der Waals surface area contributed by atoms with Crippen LogP contribution in [0.1, 0.15) is 19.3 Å². The van der Waals surface area contributed by atoms with E-state index < -0.39 is 0 Å². The van der Waals surface area contributed by atoms with Crippen molar-refractivity contribution in [2.45, 2.75) is 19.3 Å². The summed E-state index contributed by atoms with van der Waals surface area (Å²) in [6.07, 6.45) is 10.0. The van der Waals surface area contributed by atoms with Crippen LogP contribution in [0.25, 0.3) is 0 Å². The van der Waals surface area contributed by atoms with E-state index in [4.69, 9.17) is 0 Å². The van der Waals surface area contributed by atoms with Crippen molar-refractivity contribution in [3.8, 4) is 0 Å². The van der Waals surface area contributed by atoms with Crippen molar-refractivity contribution in [2.75, 3.05) is 0 Å². The summed E-state index contributed by atoms with van der Waals surface area (Å²) >= 11 is 0. The summed E-state index contributed by atoms with van der Waals surface area (Å²) in [5.41, 5.74) is 0.844. The van der Waals surface area contributed by atoms with E-state index in [2.05, 4.69) is 6.58 Å². The molecule has 0 aromatic rings. The second kappa shape index (κ2) is 3.91. The highest BCUT2D eigenvalue weighted by Crippen LogP contribution is 2.14. The van der Waals surface area contributed by atoms with Crippen molar-refractivity contribution in [2.24, 2.45) is 0 Å². The molecule has 1 aliphatic rings. The van der Waals surface area contributed by atoms with E-state index in [9.17, 15) is 4.79 Å². The van der Waals surface area contributed by atoms with Gasteiger partial charge in [0.15, 0.2) is 5.78 Å². The highest BCUT2D eigenvalue weighted by atomic mass is 16.1. The summed E-state index contributed by atoms with van der Waals surface area (Å²) in [5.74, 6) is 0.259. The molecule has 0 heterocycles. The quantitative estimate of drug-likeness (QED) is 0.549. The van der Waals surface area contributed by atoms with Crippen LogP contribution in [0.5, 0.6) is 0 Å². The third kappa shape index (κ3) is 2.19. The van der Waals surface area contributed by atoms with Crippen molar-refractivity contribution < 1.29 is 4.79 Å². The van der Waals surface area contributed by atoms with Gasteiger partial charge in [-0.15, -0.1) is 0 Å². The van der Waals surface area contributed by atoms with Gasteiger partial charge in [0.05, 0.1) is 0 Å². The van der Waals surface area contributed by atoms with Gasteiger partial charge in [0.1, 0.15) is 0 Å². The van der Waals surface area contributed by atoms with Crippen LogP contribution < -0.4 is 0 Å². The lowest BCUT2D eigenvalue weighted by atomic mass is 9.98. The van der Waals surface area contributed by atoms with Crippen LogP contribution in [0, 0.1) is 0 Å². The van der Waals surface area contributed by atoms with Gasteiger partial charge in [-0.1, -0.05) is 30.9 Å². The normalized spacial score (nSPS) is 18.5. The molecular formula is C10H12O. The maximum absolute atomic E-state index is 11.1. The summed E-state index contributed by atoms with van der Waals surface area (Å²) in [6.45, 7) is 3.54. The van der Waals surface area contributed by atoms with E-state index in [0.717, 1.165) is 18.4 Å². The van der Waals surface area contributed by atoms with Crippen LogP contribution in [0.15, 0.2) is 36.5 Å². The summed E-state index contributed by atoms with van der Waals surface area (Å²) in [6, 6.07) is 0.